The predicted molar refractivity (Wildman–Crippen MR) is 125 cm³/mol. The smallest absolute Gasteiger partial charge is 0.434 e. The van der Waals surface area contributed by atoms with E-state index in [2.05, 4.69) is 0 Å². The second kappa shape index (κ2) is 9.90. The first kappa shape index (κ1) is 23.4. The van der Waals surface area contributed by atoms with Crippen LogP contribution in [0.5, 0.6) is 11.5 Å². The van der Waals surface area contributed by atoms with Gasteiger partial charge in [0.2, 0.25) is 0 Å². The van der Waals surface area contributed by atoms with E-state index in [0.717, 1.165) is 11.1 Å². The third-order valence-electron chi connectivity index (χ3n) is 4.85. The Morgan fingerprint density at radius 1 is 0.750 bits per heavy atom. The highest BCUT2D eigenvalue weighted by Crippen LogP contribution is 2.44. The highest BCUT2D eigenvalue weighted by Gasteiger charge is 2.22. The molecule has 0 saturated heterocycles. The van der Waals surface area contributed by atoms with Gasteiger partial charge in [-0.3, -0.25) is 0 Å². The van der Waals surface area contributed by atoms with E-state index in [-0.39, 0.29) is 25.0 Å². The lowest BCUT2D eigenvalue weighted by Gasteiger charge is -2.18. The number of hydrogen-bond donors (Lipinski definition) is 0. The zero-order chi connectivity index (χ0) is 23.4. The minimum Gasteiger partial charge on any atom is -0.434 e. The van der Waals surface area contributed by atoms with E-state index in [9.17, 15) is 9.59 Å². The Morgan fingerprint density at radius 2 is 1.34 bits per heavy atom. The van der Waals surface area contributed by atoms with Crippen molar-refractivity contribution >= 4 is 33.9 Å². The zero-order valence-corrected chi connectivity index (χ0v) is 19.5. The summed E-state index contributed by atoms with van der Waals surface area (Å²) >= 11 is 0. The molecule has 0 saturated carbocycles. The maximum Gasteiger partial charge on any atom is 0.513 e. The molecule has 0 heterocycles. The van der Waals surface area contributed by atoms with Crippen LogP contribution in [0.15, 0.2) is 36.4 Å². The second-order valence-corrected chi connectivity index (χ2v) is 8.82. The Balaban J connectivity index is 2.17. The van der Waals surface area contributed by atoms with Gasteiger partial charge in [-0.05, 0) is 37.3 Å². The molecule has 6 nitrogen and oxygen atoms in total. The average Bonchev–Trinajstić information content (AvgIpc) is 2.73. The van der Waals surface area contributed by atoms with Crippen molar-refractivity contribution in [3.8, 4) is 11.5 Å². The highest BCUT2D eigenvalue weighted by molar-refractivity contribution is 6.13. The summed E-state index contributed by atoms with van der Waals surface area (Å²) in [6.45, 7) is 12.2. The van der Waals surface area contributed by atoms with Crippen LogP contribution < -0.4 is 9.47 Å². The molecule has 32 heavy (non-hydrogen) atoms. The van der Waals surface area contributed by atoms with Gasteiger partial charge in [-0.15, -0.1) is 0 Å². The number of hydrogen-bond acceptors (Lipinski definition) is 6. The van der Waals surface area contributed by atoms with E-state index >= 15 is 0 Å². The summed E-state index contributed by atoms with van der Waals surface area (Å²) in [6.07, 6.45) is -1.54. The van der Waals surface area contributed by atoms with Crippen LogP contribution in [0.1, 0.15) is 38.8 Å². The topological polar surface area (TPSA) is 71.1 Å². The molecule has 170 valence electrons. The minimum absolute atomic E-state index is 0.188. The summed E-state index contributed by atoms with van der Waals surface area (Å²) in [5.74, 6) is 1.13. The van der Waals surface area contributed by atoms with Gasteiger partial charge in [0.1, 0.15) is 5.75 Å². The molecule has 3 aromatic rings. The van der Waals surface area contributed by atoms with Crippen molar-refractivity contribution < 1.29 is 28.5 Å². The third-order valence-corrected chi connectivity index (χ3v) is 4.85. The van der Waals surface area contributed by atoms with Crippen LogP contribution in [0.25, 0.3) is 21.5 Å². The van der Waals surface area contributed by atoms with Crippen LogP contribution in [0, 0.1) is 25.7 Å². The first-order valence-electron chi connectivity index (χ1n) is 10.8. The van der Waals surface area contributed by atoms with Crippen LogP contribution in [-0.4, -0.2) is 25.5 Å². The lowest BCUT2D eigenvalue weighted by Crippen LogP contribution is -2.16. The maximum atomic E-state index is 12.4. The lowest BCUT2D eigenvalue weighted by molar-refractivity contribution is 0.0879. The van der Waals surface area contributed by atoms with Crippen molar-refractivity contribution in [2.24, 2.45) is 11.8 Å². The summed E-state index contributed by atoms with van der Waals surface area (Å²) in [6, 6.07) is 11.3. The summed E-state index contributed by atoms with van der Waals surface area (Å²) in [7, 11) is 0. The summed E-state index contributed by atoms with van der Waals surface area (Å²) < 4.78 is 21.9. The molecule has 0 unspecified atom stereocenters. The monoisotopic (exact) mass is 438 g/mol. The van der Waals surface area contributed by atoms with E-state index in [1.165, 1.54) is 0 Å². The van der Waals surface area contributed by atoms with Crippen molar-refractivity contribution in [1.82, 2.24) is 0 Å². The molecule has 0 amide bonds. The second-order valence-electron chi connectivity index (χ2n) is 8.82. The van der Waals surface area contributed by atoms with Crippen molar-refractivity contribution in [2.45, 2.75) is 41.5 Å². The Labute approximate surface area is 188 Å². The van der Waals surface area contributed by atoms with Crippen molar-refractivity contribution in [2.75, 3.05) is 13.2 Å². The van der Waals surface area contributed by atoms with Crippen LogP contribution >= 0.6 is 0 Å². The van der Waals surface area contributed by atoms with Gasteiger partial charge in [-0.2, -0.15) is 0 Å². The molecular formula is C26H30O6. The number of ether oxygens (including phenoxy) is 4. The van der Waals surface area contributed by atoms with E-state index in [0.29, 0.717) is 33.0 Å². The molecule has 0 spiro atoms. The van der Waals surface area contributed by atoms with Gasteiger partial charge < -0.3 is 18.9 Å². The molecule has 0 aromatic heterocycles. The highest BCUT2D eigenvalue weighted by atomic mass is 16.7. The minimum atomic E-state index is -0.769. The van der Waals surface area contributed by atoms with E-state index in [1.807, 2.05) is 77.9 Å². The molecule has 0 fully saturated rings. The number of aryl methyl sites for hydroxylation is 2. The molecule has 0 aliphatic heterocycles. The molecule has 0 aliphatic rings. The molecule has 0 bridgehead atoms. The van der Waals surface area contributed by atoms with Gasteiger partial charge in [0, 0.05) is 21.5 Å². The Bertz CT molecular complexity index is 1140. The first-order chi connectivity index (χ1) is 15.2. The quantitative estimate of drug-likeness (QED) is 0.235. The Kier molecular flexibility index (Phi) is 7.23. The lowest BCUT2D eigenvalue weighted by atomic mass is 9.96. The SMILES string of the molecule is Cc1ccc2c(OC(=O)OCC(C)C)c3c(C)cccc3c(OC(=O)OCC(C)C)c2c1. The predicted octanol–water partition coefficient (Wildman–Crippen LogP) is 6.95. The summed E-state index contributed by atoms with van der Waals surface area (Å²) in [5, 5.41) is 2.62. The van der Waals surface area contributed by atoms with E-state index in [1.54, 1.807) is 0 Å². The number of fused-ring (bicyclic) bond motifs is 2. The van der Waals surface area contributed by atoms with Crippen LogP contribution in [0.4, 0.5) is 9.59 Å². The Hall–Kier alpha value is -3.28. The molecule has 0 atom stereocenters. The molecule has 0 aliphatic carbocycles. The van der Waals surface area contributed by atoms with Gasteiger partial charge in [0.05, 0.1) is 13.2 Å². The molecule has 0 radical (unpaired) electrons. The number of carbonyl (C=O) groups is 2. The molecular weight excluding hydrogens is 408 g/mol. The molecule has 0 N–H and O–H groups in total. The zero-order valence-electron chi connectivity index (χ0n) is 19.5. The first-order valence-corrected chi connectivity index (χ1v) is 10.8. The van der Waals surface area contributed by atoms with Crippen LogP contribution in [0.2, 0.25) is 0 Å². The average molecular weight is 439 g/mol. The fourth-order valence-electron chi connectivity index (χ4n) is 3.39. The molecule has 3 aromatic carbocycles. The van der Waals surface area contributed by atoms with Gasteiger partial charge in [0.25, 0.3) is 0 Å². The summed E-state index contributed by atoms with van der Waals surface area (Å²) in [4.78, 5) is 24.9. The number of rotatable bonds is 6. The van der Waals surface area contributed by atoms with E-state index < -0.39 is 12.3 Å². The largest absolute Gasteiger partial charge is 0.513 e. The fourth-order valence-corrected chi connectivity index (χ4v) is 3.39. The van der Waals surface area contributed by atoms with Gasteiger partial charge in [-0.1, -0.05) is 63.6 Å². The summed E-state index contributed by atoms with van der Waals surface area (Å²) in [5.41, 5.74) is 1.84. The molecule has 3 rings (SSSR count). The van der Waals surface area contributed by atoms with Gasteiger partial charge in [-0.25, -0.2) is 9.59 Å². The fraction of sp³-hybridized carbons (Fsp3) is 0.385. The number of carbonyl (C=O) groups excluding carboxylic acids is 2. The van der Waals surface area contributed by atoms with Crippen molar-refractivity contribution in [1.29, 1.82) is 0 Å². The van der Waals surface area contributed by atoms with Gasteiger partial charge >= 0.3 is 12.3 Å². The van der Waals surface area contributed by atoms with Gasteiger partial charge in [0.15, 0.2) is 5.75 Å². The van der Waals surface area contributed by atoms with Crippen LogP contribution in [-0.2, 0) is 9.47 Å². The standard InChI is InChI=1S/C26H30O6/c1-15(2)13-29-25(27)31-23-20-9-7-8-18(6)22(20)24(32-26(28)30-14-16(3)4)19-11-10-17(5)12-21(19)23/h7-12,15-16H,13-14H2,1-6H3. The van der Waals surface area contributed by atoms with E-state index in [4.69, 9.17) is 18.9 Å². The third kappa shape index (κ3) is 5.31. The van der Waals surface area contributed by atoms with Crippen LogP contribution in [0.3, 0.4) is 0 Å². The number of benzene rings is 3. The molecule has 6 heteroatoms. The normalized spacial score (nSPS) is 11.2. The van der Waals surface area contributed by atoms with Crippen molar-refractivity contribution in [3.05, 3.63) is 47.5 Å². The maximum absolute atomic E-state index is 12.4. The Morgan fingerprint density at radius 3 is 1.94 bits per heavy atom. The van der Waals surface area contributed by atoms with Crippen molar-refractivity contribution in [3.63, 3.8) is 0 Å².